The lowest BCUT2D eigenvalue weighted by Gasteiger charge is -2.13. The summed E-state index contributed by atoms with van der Waals surface area (Å²) in [4.78, 5) is 28.4. The number of rotatable bonds is 4. The van der Waals surface area contributed by atoms with Gasteiger partial charge >= 0.3 is 5.69 Å². The van der Waals surface area contributed by atoms with Crippen LogP contribution in [0.25, 0.3) is 0 Å². The van der Waals surface area contributed by atoms with E-state index >= 15 is 0 Å². The SMILES string of the molecule is C#CCn1c(=O)c2c(n(C)c1=O)N(C#CCCCCC)CN2C. The molecular formula is C17H22N4O2. The van der Waals surface area contributed by atoms with E-state index in [0.29, 0.717) is 18.2 Å². The van der Waals surface area contributed by atoms with Crippen molar-refractivity contribution in [2.24, 2.45) is 7.05 Å². The van der Waals surface area contributed by atoms with E-state index in [0.717, 1.165) is 30.3 Å². The van der Waals surface area contributed by atoms with Gasteiger partial charge in [-0.2, -0.15) is 0 Å². The number of unbranched alkanes of at least 4 members (excludes halogenated alkanes) is 3. The Morgan fingerprint density at radius 1 is 1.22 bits per heavy atom. The summed E-state index contributed by atoms with van der Waals surface area (Å²) >= 11 is 0. The van der Waals surface area contributed by atoms with Gasteiger partial charge in [-0.25, -0.2) is 9.36 Å². The van der Waals surface area contributed by atoms with Crippen molar-refractivity contribution in [3.8, 4) is 24.3 Å². The molecule has 1 aromatic rings. The summed E-state index contributed by atoms with van der Waals surface area (Å²) in [6.07, 6.45) is 9.43. The van der Waals surface area contributed by atoms with Gasteiger partial charge in [-0.15, -0.1) is 6.42 Å². The van der Waals surface area contributed by atoms with Crippen molar-refractivity contribution in [1.82, 2.24) is 9.13 Å². The molecule has 0 aliphatic carbocycles. The molecule has 0 aromatic carbocycles. The van der Waals surface area contributed by atoms with Crippen molar-refractivity contribution >= 4 is 11.5 Å². The van der Waals surface area contributed by atoms with Gasteiger partial charge in [-0.05, 0) is 6.42 Å². The van der Waals surface area contributed by atoms with E-state index in [1.165, 1.54) is 4.57 Å². The Bertz CT molecular complexity index is 801. The minimum Gasteiger partial charge on any atom is -0.348 e. The first-order valence-electron chi connectivity index (χ1n) is 7.77. The number of aromatic nitrogens is 2. The van der Waals surface area contributed by atoms with Crippen LogP contribution in [0.15, 0.2) is 9.59 Å². The number of anilines is 2. The highest BCUT2D eigenvalue weighted by molar-refractivity contribution is 5.74. The van der Waals surface area contributed by atoms with Crippen LogP contribution in [0.1, 0.15) is 32.6 Å². The van der Waals surface area contributed by atoms with E-state index < -0.39 is 5.69 Å². The van der Waals surface area contributed by atoms with Gasteiger partial charge in [0.25, 0.3) is 5.56 Å². The van der Waals surface area contributed by atoms with Crippen LogP contribution < -0.4 is 21.0 Å². The lowest BCUT2D eigenvalue weighted by molar-refractivity contribution is 0.663. The third-order valence-electron chi connectivity index (χ3n) is 3.85. The van der Waals surface area contributed by atoms with Crippen LogP contribution in [0, 0.1) is 24.3 Å². The van der Waals surface area contributed by atoms with Crippen molar-refractivity contribution < 1.29 is 0 Å². The third-order valence-corrected chi connectivity index (χ3v) is 3.85. The van der Waals surface area contributed by atoms with Gasteiger partial charge < -0.3 is 4.90 Å². The highest BCUT2D eigenvalue weighted by Crippen LogP contribution is 2.29. The van der Waals surface area contributed by atoms with Crippen molar-refractivity contribution in [1.29, 1.82) is 0 Å². The molecule has 122 valence electrons. The zero-order chi connectivity index (χ0) is 17.0. The summed E-state index contributed by atoms with van der Waals surface area (Å²) in [7, 11) is 3.45. The van der Waals surface area contributed by atoms with Gasteiger partial charge in [0.15, 0.2) is 5.82 Å². The van der Waals surface area contributed by atoms with Crippen LogP contribution in [0.5, 0.6) is 0 Å². The van der Waals surface area contributed by atoms with Crippen molar-refractivity contribution in [3.05, 3.63) is 20.8 Å². The predicted octanol–water partition coefficient (Wildman–Crippen LogP) is 0.935. The number of hydrogen-bond acceptors (Lipinski definition) is 4. The Morgan fingerprint density at radius 3 is 2.61 bits per heavy atom. The van der Waals surface area contributed by atoms with Gasteiger partial charge in [-0.1, -0.05) is 31.6 Å². The second-order valence-electron chi connectivity index (χ2n) is 5.62. The second-order valence-corrected chi connectivity index (χ2v) is 5.62. The Hall–Kier alpha value is -2.60. The summed E-state index contributed by atoms with van der Waals surface area (Å²) in [6.45, 7) is 2.57. The monoisotopic (exact) mass is 314 g/mol. The summed E-state index contributed by atoms with van der Waals surface area (Å²) in [5, 5.41) is 0. The smallest absolute Gasteiger partial charge is 0.333 e. The Balaban J connectivity index is 2.43. The summed E-state index contributed by atoms with van der Waals surface area (Å²) < 4.78 is 2.52. The molecule has 0 saturated heterocycles. The highest BCUT2D eigenvalue weighted by atomic mass is 16.2. The molecular weight excluding hydrogens is 292 g/mol. The molecule has 6 nitrogen and oxygen atoms in total. The van der Waals surface area contributed by atoms with Crippen LogP contribution >= 0.6 is 0 Å². The Morgan fingerprint density at radius 2 is 1.96 bits per heavy atom. The van der Waals surface area contributed by atoms with Crippen LogP contribution in [-0.2, 0) is 13.6 Å². The second kappa shape index (κ2) is 7.11. The van der Waals surface area contributed by atoms with Gasteiger partial charge in [0, 0.05) is 26.6 Å². The molecule has 1 aromatic heterocycles. The minimum atomic E-state index is -0.417. The molecule has 0 saturated carbocycles. The van der Waals surface area contributed by atoms with Crippen LogP contribution in [0.4, 0.5) is 11.5 Å². The molecule has 2 heterocycles. The van der Waals surface area contributed by atoms with Gasteiger partial charge in [0.1, 0.15) is 12.4 Å². The maximum atomic E-state index is 12.5. The largest absolute Gasteiger partial charge is 0.348 e. The van der Waals surface area contributed by atoms with E-state index in [4.69, 9.17) is 6.42 Å². The predicted molar refractivity (Wildman–Crippen MR) is 92.4 cm³/mol. The maximum Gasteiger partial charge on any atom is 0.333 e. The fourth-order valence-electron chi connectivity index (χ4n) is 2.67. The van der Waals surface area contributed by atoms with E-state index in [-0.39, 0.29) is 12.1 Å². The molecule has 0 N–H and O–H groups in total. The first kappa shape index (κ1) is 16.8. The molecule has 0 amide bonds. The molecule has 0 bridgehead atoms. The van der Waals surface area contributed by atoms with Crippen molar-refractivity contribution in [2.45, 2.75) is 39.2 Å². The summed E-state index contributed by atoms with van der Waals surface area (Å²) in [6, 6.07) is 3.07. The van der Waals surface area contributed by atoms with E-state index in [1.807, 2.05) is 7.05 Å². The maximum absolute atomic E-state index is 12.5. The first-order valence-corrected chi connectivity index (χ1v) is 7.77. The van der Waals surface area contributed by atoms with Gasteiger partial charge in [-0.3, -0.25) is 14.3 Å². The molecule has 0 unspecified atom stereocenters. The fourth-order valence-corrected chi connectivity index (χ4v) is 2.67. The molecule has 2 rings (SSSR count). The van der Waals surface area contributed by atoms with Crippen LogP contribution in [-0.4, -0.2) is 22.9 Å². The summed E-state index contributed by atoms with van der Waals surface area (Å²) in [5.74, 6) is 6.02. The lowest BCUT2D eigenvalue weighted by atomic mass is 10.2. The number of nitrogens with zero attached hydrogens (tertiary/aromatic N) is 4. The molecule has 1 aliphatic heterocycles. The molecule has 0 fully saturated rings. The van der Waals surface area contributed by atoms with Crippen molar-refractivity contribution in [3.63, 3.8) is 0 Å². The number of hydrogen-bond donors (Lipinski definition) is 0. The lowest BCUT2D eigenvalue weighted by Crippen LogP contribution is -2.40. The number of fused-ring (bicyclic) bond motifs is 1. The fraction of sp³-hybridized carbons (Fsp3) is 0.529. The van der Waals surface area contributed by atoms with E-state index in [1.54, 1.807) is 16.8 Å². The minimum absolute atomic E-state index is 0.0324. The molecule has 1 aliphatic rings. The highest BCUT2D eigenvalue weighted by Gasteiger charge is 2.30. The average Bonchev–Trinajstić information content (AvgIpc) is 2.86. The molecule has 0 radical (unpaired) electrons. The topological polar surface area (TPSA) is 50.5 Å². The normalized spacial score (nSPS) is 12.6. The quantitative estimate of drug-likeness (QED) is 0.613. The Kier molecular flexibility index (Phi) is 5.18. The third kappa shape index (κ3) is 3.12. The Labute approximate surface area is 136 Å². The zero-order valence-corrected chi connectivity index (χ0v) is 13.9. The first-order chi connectivity index (χ1) is 11.0. The van der Waals surface area contributed by atoms with Crippen LogP contribution in [0.3, 0.4) is 0 Å². The molecule has 6 heteroatoms. The number of terminal acetylenes is 1. The van der Waals surface area contributed by atoms with Gasteiger partial charge in [0.2, 0.25) is 0 Å². The van der Waals surface area contributed by atoms with E-state index in [2.05, 4.69) is 24.8 Å². The van der Waals surface area contributed by atoms with Crippen LogP contribution in [0.2, 0.25) is 0 Å². The standard InChI is InChI=1S/C17H22N4O2/c1-5-7-8-9-10-12-20-13-18(3)14-15(20)19(4)17(23)21(11-6-2)16(14)22/h2H,5,7-9,11,13H2,1,3-4H3. The van der Waals surface area contributed by atoms with E-state index in [9.17, 15) is 9.59 Å². The van der Waals surface area contributed by atoms with Gasteiger partial charge in [0.05, 0.1) is 6.54 Å². The average molecular weight is 314 g/mol. The zero-order valence-electron chi connectivity index (χ0n) is 13.9. The van der Waals surface area contributed by atoms with Crippen molar-refractivity contribution in [2.75, 3.05) is 23.5 Å². The molecule has 0 spiro atoms. The molecule has 23 heavy (non-hydrogen) atoms. The molecule has 0 atom stereocenters. The summed E-state index contributed by atoms with van der Waals surface area (Å²) in [5.41, 5.74) is -0.316.